The normalized spacial score (nSPS) is 28.8. The van der Waals surface area contributed by atoms with Gasteiger partial charge in [0, 0.05) is 6.61 Å². The zero-order chi connectivity index (χ0) is 12.8. The van der Waals surface area contributed by atoms with Crippen LogP contribution < -0.4 is 5.32 Å². The monoisotopic (exact) mass is 255 g/mol. The molecule has 1 saturated heterocycles. The summed E-state index contributed by atoms with van der Waals surface area (Å²) in [6.07, 6.45) is 7.57. The number of hydrogen-bond acceptors (Lipinski definition) is 3. The van der Waals surface area contributed by atoms with E-state index in [2.05, 4.69) is 5.32 Å². The zero-order valence-corrected chi connectivity index (χ0v) is 11.3. The average Bonchev–Trinajstić information content (AvgIpc) is 2.39. The lowest BCUT2D eigenvalue weighted by Crippen LogP contribution is -2.64. The van der Waals surface area contributed by atoms with E-state index in [0.717, 1.165) is 12.3 Å². The molecule has 0 unspecified atom stereocenters. The Morgan fingerprint density at radius 1 is 1.22 bits per heavy atom. The predicted octanol–water partition coefficient (Wildman–Crippen LogP) is 1.88. The van der Waals surface area contributed by atoms with E-state index in [-0.39, 0.29) is 18.1 Å². The minimum Gasteiger partial charge on any atom is -0.379 e. The summed E-state index contributed by atoms with van der Waals surface area (Å²) in [6, 6.07) is 0.238. The molecule has 2 rings (SSSR count). The van der Waals surface area contributed by atoms with Gasteiger partial charge in [-0.15, -0.1) is 0 Å². The van der Waals surface area contributed by atoms with E-state index in [1.165, 1.54) is 32.1 Å². The lowest BCUT2D eigenvalue weighted by atomic mass is 9.81. The zero-order valence-electron chi connectivity index (χ0n) is 11.3. The van der Waals surface area contributed by atoms with Gasteiger partial charge in [-0.05, 0) is 19.3 Å². The second-order valence-electron chi connectivity index (χ2n) is 5.34. The molecule has 1 amide bonds. The number of β-lactam (4-membered cyclic amide) rings is 1. The van der Waals surface area contributed by atoms with Crippen molar-refractivity contribution in [1.29, 1.82) is 0 Å². The van der Waals surface area contributed by atoms with Gasteiger partial charge < -0.3 is 14.8 Å². The summed E-state index contributed by atoms with van der Waals surface area (Å²) in [7, 11) is 0. The molecule has 1 N–H and O–H groups in total. The van der Waals surface area contributed by atoms with Gasteiger partial charge in [-0.25, -0.2) is 0 Å². The number of rotatable bonds is 7. The largest absolute Gasteiger partial charge is 0.379 e. The Morgan fingerprint density at radius 2 is 2.00 bits per heavy atom. The third-order valence-electron chi connectivity index (χ3n) is 3.99. The second-order valence-corrected chi connectivity index (χ2v) is 5.34. The van der Waals surface area contributed by atoms with Crippen molar-refractivity contribution in [3.63, 3.8) is 0 Å². The molecule has 0 aromatic rings. The lowest BCUT2D eigenvalue weighted by Gasteiger charge is -2.39. The second kappa shape index (κ2) is 7.10. The molecular formula is C14H25NO3. The number of carbonyl (C=O) groups is 1. The SMILES string of the molecule is CCOCCO[C@H]1C(=O)N[C@H]1CC1CCCCC1. The van der Waals surface area contributed by atoms with Crippen molar-refractivity contribution >= 4 is 5.91 Å². The molecular weight excluding hydrogens is 230 g/mol. The maximum absolute atomic E-state index is 11.5. The van der Waals surface area contributed by atoms with Crippen molar-refractivity contribution in [3.8, 4) is 0 Å². The van der Waals surface area contributed by atoms with Crippen molar-refractivity contribution in [3.05, 3.63) is 0 Å². The smallest absolute Gasteiger partial charge is 0.251 e. The van der Waals surface area contributed by atoms with Crippen LogP contribution in [0, 0.1) is 5.92 Å². The van der Waals surface area contributed by atoms with Gasteiger partial charge in [-0.3, -0.25) is 4.79 Å². The van der Waals surface area contributed by atoms with Crippen LogP contribution in [0.15, 0.2) is 0 Å². The number of amides is 1. The molecule has 1 aliphatic heterocycles. The molecule has 0 aromatic carbocycles. The highest BCUT2D eigenvalue weighted by Gasteiger charge is 2.41. The van der Waals surface area contributed by atoms with E-state index in [1.54, 1.807) is 0 Å². The molecule has 2 atom stereocenters. The molecule has 4 heteroatoms. The van der Waals surface area contributed by atoms with Gasteiger partial charge in [0.05, 0.1) is 19.3 Å². The highest BCUT2D eigenvalue weighted by Crippen LogP contribution is 2.30. The topological polar surface area (TPSA) is 47.6 Å². The molecule has 104 valence electrons. The summed E-state index contributed by atoms with van der Waals surface area (Å²) in [6.45, 7) is 3.76. The van der Waals surface area contributed by atoms with E-state index in [4.69, 9.17) is 9.47 Å². The van der Waals surface area contributed by atoms with Gasteiger partial charge in [-0.1, -0.05) is 32.1 Å². The Labute approximate surface area is 109 Å². The Bertz CT molecular complexity index is 264. The van der Waals surface area contributed by atoms with Gasteiger partial charge in [0.1, 0.15) is 0 Å². The Morgan fingerprint density at radius 3 is 2.67 bits per heavy atom. The van der Waals surface area contributed by atoms with Gasteiger partial charge in [0.2, 0.25) is 0 Å². The summed E-state index contributed by atoms with van der Waals surface area (Å²) in [5.41, 5.74) is 0. The average molecular weight is 255 g/mol. The Balaban J connectivity index is 1.66. The number of ether oxygens (including phenoxy) is 2. The number of hydrogen-bond donors (Lipinski definition) is 1. The van der Waals surface area contributed by atoms with Crippen LogP contribution in [-0.4, -0.2) is 37.9 Å². The summed E-state index contributed by atoms with van der Waals surface area (Å²) < 4.78 is 10.8. The molecule has 1 saturated carbocycles. The molecule has 2 aliphatic rings. The minimum absolute atomic E-state index is 0.0484. The quantitative estimate of drug-likeness (QED) is 0.558. The standard InChI is InChI=1S/C14H25NO3/c1-2-17-8-9-18-13-12(15-14(13)16)10-11-6-4-3-5-7-11/h11-13H,2-10H2,1H3,(H,15,16)/t12-,13+/m0/s1. The fraction of sp³-hybridized carbons (Fsp3) is 0.929. The maximum atomic E-state index is 11.5. The van der Waals surface area contributed by atoms with E-state index in [0.29, 0.717) is 19.8 Å². The van der Waals surface area contributed by atoms with Gasteiger partial charge in [0.25, 0.3) is 5.91 Å². The molecule has 4 nitrogen and oxygen atoms in total. The van der Waals surface area contributed by atoms with Crippen molar-refractivity contribution in [2.24, 2.45) is 5.92 Å². The fourth-order valence-electron chi connectivity index (χ4n) is 2.96. The van der Waals surface area contributed by atoms with Crippen LogP contribution in [0.4, 0.5) is 0 Å². The van der Waals surface area contributed by atoms with E-state index in [1.807, 2.05) is 6.92 Å². The first kappa shape index (κ1) is 13.8. The highest BCUT2D eigenvalue weighted by atomic mass is 16.5. The first-order valence-corrected chi connectivity index (χ1v) is 7.31. The summed E-state index contributed by atoms with van der Waals surface area (Å²) >= 11 is 0. The van der Waals surface area contributed by atoms with E-state index >= 15 is 0 Å². The summed E-state index contributed by atoms with van der Waals surface area (Å²) in [5, 5.41) is 2.98. The van der Waals surface area contributed by atoms with Crippen molar-refractivity contribution in [2.45, 2.75) is 57.6 Å². The van der Waals surface area contributed by atoms with Crippen molar-refractivity contribution in [1.82, 2.24) is 5.32 Å². The van der Waals surface area contributed by atoms with Gasteiger partial charge in [0.15, 0.2) is 6.10 Å². The van der Waals surface area contributed by atoms with Crippen molar-refractivity contribution < 1.29 is 14.3 Å². The van der Waals surface area contributed by atoms with Crippen LogP contribution in [0.5, 0.6) is 0 Å². The number of carbonyl (C=O) groups excluding carboxylic acids is 1. The first-order chi connectivity index (χ1) is 8.81. The van der Waals surface area contributed by atoms with Gasteiger partial charge in [-0.2, -0.15) is 0 Å². The third kappa shape index (κ3) is 3.69. The predicted molar refractivity (Wildman–Crippen MR) is 69.4 cm³/mol. The van der Waals surface area contributed by atoms with E-state index in [9.17, 15) is 4.79 Å². The van der Waals surface area contributed by atoms with Crippen molar-refractivity contribution in [2.75, 3.05) is 19.8 Å². The number of nitrogens with one attached hydrogen (secondary N) is 1. The molecule has 18 heavy (non-hydrogen) atoms. The molecule has 0 spiro atoms. The molecule has 1 aliphatic carbocycles. The molecule has 0 bridgehead atoms. The van der Waals surface area contributed by atoms with Crippen LogP contribution in [0.25, 0.3) is 0 Å². The molecule has 2 fully saturated rings. The minimum atomic E-state index is -0.229. The maximum Gasteiger partial charge on any atom is 0.251 e. The van der Waals surface area contributed by atoms with Gasteiger partial charge >= 0.3 is 0 Å². The van der Waals surface area contributed by atoms with Crippen LogP contribution >= 0.6 is 0 Å². The Hall–Kier alpha value is -0.610. The summed E-state index contributed by atoms with van der Waals surface area (Å²) in [5.74, 6) is 0.828. The lowest BCUT2D eigenvalue weighted by molar-refractivity contribution is -0.150. The highest BCUT2D eigenvalue weighted by molar-refractivity contribution is 5.88. The van der Waals surface area contributed by atoms with Crippen LogP contribution in [0.1, 0.15) is 45.4 Å². The van der Waals surface area contributed by atoms with Crippen LogP contribution in [0.3, 0.4) is 0 Å². The fourth-order valence-corrected chi connectivity index (χ4v) is 2.96. The third-order valence-corrected chi connectivity index (χ3v) is 3.99. The molecule has 1 heterocycles. The van der Waals surface area contributed by atoms with Crippen LogP contribution in [0.2, 0.25) is 0 Å². The molecule has 0 aromatic heterocycles. The first-order valence-electron chi connectivity index (χ1n) is 7.31. The van der Waals surface area contributed by atoms with E-state index < -0.39 is 0 Å². The molecule has 0 radical (unpaired) electrons. The Kier molecular flexibility index (Phi) is 5.45. The summed E-state index contributed by atoms with van der Waals surface area (Å²) in [4.78, 5) is 11.5. The van der Waals surface area contributed by atoms with Crippen LogP contribution in [-0.2, 0) is 14.3 Å².